The summed E-state index contributed by atoms with van der Waals surface area (Å²) in [4.78, 5) is 10.8. The molecule has 7 heteroatoms. The molecule has 0 spiro atoms. The number of carbonyl (C=O) groups is 1. The molecule has 0 bridgehead atoms. The molecule has 0 aliphatic carbocycles. The SMILES string of the molecule is O=C1NC(c2ccc(OC(F)(F)F)cc2)CO1. The van der Waals surface area contributed by atoms with Crippen LogP contribution in [0.5, 0.6) is 5.75 Å². The molecule has 1 aliphatic rings. The molecule has 1 amide bonds. The summed E-state index contributed by atoms with van der Waals surface area (Å²) in [6.07, 6.45) is -5.24. The van der Waals surface area contributed by atoms with Gasteiger partial charge in [-0.15, -0.1) is 13.2 Å². The van der Waals surface area contributed by atoms with Crippen molar-refractivity contribution in [2.45, 2.75) is 12.4 Å². The van der Waals surface area contributed by atoms with E-state index in [2.05, 4.69) is 14.8 Å². The van der Waals surface area contributed by atoms with Crippen molar-refractivity contribution in [1.29, 1.82) is 0 Å². The highest BCUT2D eigenvalue weighted by Crippen LogP contribution is 2.25. The summed E-state index contributed by atoms with van der Waals surface area (Å²) in [6.45, 7) is 0.165. The van der Waals surface area contributed by atoms with Crippen LogP contribution in [0.3, 0.4) is 0 Å². The zero-order valence-corrected chi connectivity index (χ0v) is 8.45. The smallest absolute Gasteiger partial charge is 0.447 e. The first-order valence-corrected chi connectivity index (χ1v) is 4.73. The van der Waals surface area contributed by atoms with Crippen LogP contribution in [-0.4, -0.2) is 19.1 Å². The van der Waals surface area contributed by atoms with Crippen molar-refractivity contribution < 1.29 is 27.4 Å². The zero-order valence-electron chi connectivity index (χ0n) is 8.45. The molecule has 1 fully saturated rings. The molecular formula is C10H8F3NO3. The van der Waals surface area contributed by atoms with Crippen LogP contribution in [0, 0.1) is 0 Å². The van der Waals surface area contributed by atoms with Crippen LogP contribution < -0.4 is 10.1 Å². The van der Waals surface area contributed by atoms with Crippen LogP contribution in [-0.2, 0) is 4.74 Å². The monoisotopic (exact) mass is 247 g/mol. The number of hydrogen-bond donors (Lipinski definition) is 1. The fourth-order valence-electron chi connectivity index (χ4n) is 1.47. The maximum absolute atomic E-state index is 11.9. The van der Waals surface area contributed by atoms with E-state index in [0.29, 0.717) is 5.56 Å². The lowest BCUT2D eigenvalue weighted by atomic mass is 10.1. The Kier molecular flexibility index (Phi) is 2.83. The highest BCUT2D eigenvalue weighted by atomic mass is 19.4. The van der Waals surface area contributed by atoms with E-state index in [-0.39, 0.29) is 18.4 Å². The Hall–Kier alpha value is -1.92. The molecule has 1 aliphatic heterocycles. The fourth-order valence-corrected chi connectivity index (χ4v) is 1.47. The van der Waals surface area contributed by atoms with Gasteiger partial charge >= 0.3 is 12.5 Å². The number of halogens is 3. The highest BCUT2D eigenvalue weighted by molar-refractivity contribution is 5.70. The molecule has 0 aromatic heterocycles. The number of ether oxygens (including phenoxy) is 2. The van der Waals surface area contributed by atoms with Gasteiger partial charge in [-0.25, -0.2) is 4.79 Å². The summed E-state index contributed by atoms with van der Waals surface area (Å²) >= 11 is 0. The minimum absolute atomic E-state index is 0.165. The standard InChI is InChI=1S/C10H8F3NO3/c11-10(12,13)17-7-3-1-6(2-4-7)8-5-16-9(15)14-8/h1-4,8H,5H2,(H,14,15). The van der Waals surface area contributed by atoms with Crippen molar-refractivity contribution in [3.05, 3.63) is 29.8 Å². The number of alkyl carbamates (subject to hydrolysis) is 1. The number of amides is 1. The van der Waals surface area contributed by atoms with Gasteiger partial charge in [0.25, 0.3) is 0 Å². The van der Waals surface area contributed by atoms with Crippen LogP contribution in [0.2, 0.25) is 0 Å². The topological polar surface area (TPSA) is 47.6 Å². The Balaban J connectivity index is 2.05. The predicted octanol–water partition coefficient (Wildman–Crippen LogP) is 2.37. The van der Waals surface area contributed by atoms with E-state index in [9.17, 15) is 18.0 Å². The minimum Gasteiger partial charge on any atom is -0.447 e. The average molecular weight is 247 g/mol. The largest absolute Gasteiger partial charge is 0.573 e. The zero-order chi connectivity index (χ0) is 12.5. The Morgan fingerprint density at radius 2 is 1.94 bits per heavy atom. The lowest BCUT2D eigenvalue weighted by molar-refractivity contribution is -0.274. The molecular weight excluding hydrogens is 239 g/mol. The average Bonchev–Trinajstić information content (AvgIpc) is 2.63. The van der Waals surface area contributed by atoms with Crippen molar-refractivity contribution in [3.63, 3.8) is 0 Å². The summed E-state index contributed by atoms with van der Waals surface area (Å²) in [5, 5.41) is 2.51. The van der Waals surface area contributed by atoms with E-state index in [0.717, 1.165) is 0 Å². The van der Waals surface area contributed by atoms with Gasteiger partial charge in [-0.1, -0.05) is 12.1 Å². The van der Waals surface area contributed by atoms with Crippen molar-refractivity contribution in [3.8, 4) is 5.75 Å². The normalized spacial score (nSPS) is 19.7. The summed E-state index contributed by atoms with van der Waals surface area (Å²) in [6, 6.07) is 4.93. The Bertz CT molecular complexity index is 416. The number of benzene rings is 1. The molecule has 17 heavy (non-hydrogen) atoms. The van der Waals surface area contributed by atoms with Gasteiger partial charge in [0.2, 0.25) is 0 Å². The van der Waals surface area contributed by atoms with Crippen molar-refractivity contribution in [1.82, 2.24) is 5.32 Å². The molecule has 1 atom stereocenters. The van der Waals surface area contributed by atoms with Crippen LogP contribution in [0.15, 0.2) is 24.3 Å². The Labute approximate surface area is 94.3 Å². The number of cyclic esters (lactones) is 1. The molecule has 4 nitrogen and oxygen atoms in total. The van der Waals surface area contributed by atoms with Crippen LogP contribution in [0.1, 0.15) is 11.6 Å². The highest BCUT2D eigenvalue weighted by Gasteiger charge is 2.31. The number of carbonyl (C=O) groups excluding carboxylic acids is 1. The molecule has 1 heterocycles. The summed E-state index contributed by atoms with van der Waals surface area (Å²) < 4.78 is 44.1. The first-order chi connectivity index (χ1) is 7.94. The van der Waals surface area contributed by atoms with Gasteiger partial charge in [0.1, 0.15) is 12.4 Å². The van der Waals surface area contributed by atoms with Gasteiger partial charge in [-0.3, -0.25) is 0 Å². The second kappa shape index (κ2) is 4.15. The van der Waals surface area contributed by atoms with Gasteiger partial charge in [-0.2, -0.15) is 0 Å². The van der Waals surface area contributed by atoms with E-state index in [1.807, 2.05) is 0 Å². The van der Waals surface area contributed by atoms with Crippen LogP contribution in [0.4, 0.5) is 18.0 Å². The Morgan fingerprint density at radius 3 is 2.41 bits per heavy atom. The number of alkyl halides is 3. The molecule has 1 aromatic rings. The maximum atomic E-state index is 11.9. The van der Waals surface area contributed by atoms with E-state index < -0.39 is 12.5 Å². The molecule has 1 aromatic carbocycles. The van der Waals surface area contributed by atoms with Crippen molar-refractivity contribution in [2.24, 2.45) is 0 Å². The number of hydrogen-bond acceptors (Lipinski definition) is 3. The molecule has 2 rings (SSSR count). The molecule has 1 unspecified atom stereocenters. The third-order valence-corrected chi connectivity index (χ3v) is 2.19. The summed E-state index contributed by atoms with van der Waals surface area (Å²) in [5.74, 6) is -0.300. The van der Waals surface area contributed by atoms with Crippen LogP contribution in [0.25, 0.3) is 0 Å². The maximum Gasteiger partial charge on any atom is 0.573 e. The number of nitrogens with one attached hydrogen (secondary N) is 1. The van der Waals surface area contributed by atoms with Gasteiger partial charge in [0, 0.05) is 0 Å². The summed E-state index contributed by atoms with van der Waals surface area (Å²) in [5.41, 5.74) is 0.658. The van der Waals surface area contributed by atoms with Gasteiger partial charge in [0.15, 0.2) is 0 Å². The molecule has 1 saturated heterocycles. The Morgan fingerprint density at radius 1 is 1.29 bits per heavy atom. The number of rotatable bonds is 2. The summed E-state index contributed by atoms with van der Waals surface area (Å²) in [7, 11) is 0. The minimum atomic E-state index is -4.70. The fraction of sp³-hybridized carbons (Fsp3) is 0.300. The van der Waals surface area contributed by atoms with Gasteiger partial charge in [0.05, 0.1) is 6.04 Å². The van der Waals surface area contributed by atoms with E-state index in [1.54, 1.807) is 0 Å². The van der Waals surface area contributed by atoms with Crippen molar-refractivity contribution in [2.75, 3.05) is 6.61 Å². The lowest BCUT2D eigenvalue weighted by Crippen LogP contribution is -2.19. The second-order valence-electron chi connectivity index (χ2n) is 3.41. The quantitative estimate of drug-likeness (QED) is 0.872. The molecule has 92 valence electrons. The van der Waals surface area contributed by atoms with E-state index >= 15 is 0 Å². The van der Waals surface area contributed by atoms with E-state index in [4.69, 9.17) is 0 Å². The first-order valence-electron chi connectivity index (χ1n) is 4.73. The third-order valence-electron chi connectivity index (χ3n) is 2.19. The lowest BCUT2D eigenvalue weighted by Gasteiger charge is -2.11. The first kappa shape index (κ1) is 11.6. The molecule has 0 radical (unpaired) electrons. The molecule has 1 N–H and O–H groups in total. The molecule has 0 saturated carbocycles. The van der Waals surface area contributed by atoms with E-state index in [1.165, 1.54) is 24.3 Å². The van der Waals surface area contributed by atoms with Crippen LogP contribution >= 0.6 is 0 Å². The van der Waals surface area contributed by atoms with Crippen molar-refractivity contribution >= 4 is 6.09 Å². The second-order valence-corrected chi connectivity index (χ2v) is 3.41. The van der Waals surface area contributed by atoms with Gasteiger partial charge < -0.3 is 14.8 Å². The third kappa shape index (κ3) is 3.02. The van der Waals surface area contributed by atoms with Gasteiger partial charge in [-0.05, 0) is 17.7 Å². The predicted molar refractivity (Wildman–Crippen MR) is 50.3 cm³/mol.